The molecule has 1 aliphatic carbocycles. The van der Waals surface area contributed by atoms with E-state index in [4.69, 9.17) is 0 Å². The molecule has 16 heavy (non-hydrogen) atoms. The van der Waals surface area contributed by atoms with Gasteiger partial charge in [0.1, 0.15) is 0 Å². The van der Waals surface area contributed by atoms with Crippen LogP contribution >= 0.6 is 0 Å². The maximum Gasteiger partial charge on any atom is 0.0739 e. The summed E-state index contributed by atoms with van der Waals surface area (Å²) < 4.78 is 0. The van der Waals surface area contributed by atoms with Crippen LogP contribution in [0.25, 0.3) is 11.3 Å². The Hall–Kier alpha value is -1.89. The fraction of sp³-hybridized carbons (Fsp3) is 0.133. The predicted octanol–water partition coefficient (Wildman–Crippen LogP) is 3.40. The molecule has 0 unspecified atom stereocenters. The van der Waals surface area contributed by atoms with Crippen molar-refractivity contribution in [2.45, 2.75) is 12.8 Å². The molecule has 1 aliphatic rings. The van der Waals surface area contributed by atoms with Crippen molar-refractivity contribution in [2.75, 3.05) is 0 Å². The molecule has 0 N–H and O–H groups in total. The number of hydrogen-bond donors (Lipinski definition) is 0. The van der Waals surface area contributed by atoms with Gasteiger partial charge in [0.05, 0.1) is 5.69 Å². The summed E-state index contributed by atoms with van der Waals surface area (Å²) in [6, 6.07) is 12.6. The van der Waals surface area contributed by atoms with E-state index in [0.717, 1.165) is 18.5 Å². The first-order chi connectivity index (χ1) is 7.95. The molecule has 0 atom stereocenters. The third-order valence-corrected chi connectivity index (χ3v) is 3.03. The zero-order valence-electron chi connectivity index (χ0n) is 9.06. The molecule has 1 heterocycles. The minimum absolute atomic E-state index is 1.01. The van der Waals surface area contributed by atoms with E-state index in [2.05, 4.69) is 47.5 Å². The third-order valence-electron chi connectivity index (χ3n) is 3.03. The third kappa shape index (κ3) is 1.54. The lowest BCUT2D eigenvalue weighted by Crippen LogP contribution is -2.01. The smallest absolute Gasteiger partial charge is 0.0739 e. The zero-order valence-corrected chi connectivity index (χ0v) is 9.06. The van der Waals surface area contributed by atoms with Crippen molar-refractivity contribution >= 4 is 0 Å². The Balaban J connectivity index is 2.16. The molecule has 0 amide bonds. The van der Waals surface area contributed by atoms with Crippen molar-refractivity contribution in [1.82, 2.24) is 4.98 Å². The van der Waals surface area contributed by atoms with Crippen LogP contribution < -0.4 is 0 Å². The number of aromatic nitrogens is 1. The lowest BCUT2D eigenvalue weighted by Gasteiger charge is -2.14. The fourth-order valence-corrected chi connectivity index (χ4v) is 2.21. The number of hydrogen-bond acceptors (Lipinski definition) is 1. The van der Waals surface area contributed by atoms with Crippen LogP contribution in [0.2, 0.25) is 0 Å². The summed E-state index contributed by atoms with van der Waals surface area (Å²) in [5.74, 6) is 0. The molecule has 3 rings (SSSR count). The van der Waals surface area contributed by atoms with Gasteiger partial charge < -0.3 is 0 Å². The average Bonchev–Trinajstić information content (AvgIpc) is 2.39. The number of benzene rings is 1. The van der Waals surface area contributed by atoms with Gasteiger partial charge in [-0.3, -0.25) is 4.98 Å². The normalized spacial score (nSPS) is 13.5. The van der Waals surface area contributed by atoms with Gasteiger partial charge in [0.15, 0.2) is 0 Å². The van der Waals surface area contributed by atoms with Crippen LogP contribution in [-0.4, -0.2) is 4.98 Å². The first-order valence-corrected chi connectivity index (χ1v) is 5.62. The lowest BCUT2D eigenvalue weighted by atomic mass is 9.93. The number of nitrogens with zero attached hydrogens (tertiary/aromatic N) is 1. The molecule has 78 valence electrons. The molecule has 2 aromatic rings. The van der Waals surface area contributed by atoms with Crippen molar-refractivity contribution < 1.29 is 0 Å². The summed E-state index contributed by atoms with van der Waals surface area (Å²) >= 11 is 0. The van der Waals surface area contributed by atoms with Crippen molar-refractivity contribution in [3.05, 3.63) is 65.9 Å². The van der Waals surface area contributed by atoms with Gasteiger partial charge in [-0.25, -0.2) is 0 Å². The Morgan fingerprint density at radius 2 is 1.69 bits per heavy atom. The number of allylic oxidation sites excluding steroid dienone is 2. The molecular formula is C15H13N. The Morgan fingerprint density at radius 1 is 0.875 bits per heavy atom. The van der Waals surface area contributed by atoms with Crippen molar-refractivity contribution in [3.63, 3.8) is 0 Å². The van der Waals surface area contributed by atoms with Crippen LogP contribution in [0.3, 0.4) is 0 Å². The molecule has 0 radical (unpaired) electrons. The summed E-state index contributed by atoms with van der Waals surface area (Å²) in [6.07, 6.45) is 8.43. The molecule has 0 fully saturated rings. The zero-order chi connectivity index (χ0) is 10.8. The topological polar surface area (TPSA) is 12.9 Å². The largest absolute Gasteiger partial charge is 0.256 e. The van der Waals surface area contributed by atoms with Crippen molar-refractivity contribution in [2.24, 2.45) is 0 Å². The van der Waals surface area contributed by atoms with E-state index in [-0.39, 0.29) is 0 Å². The maximum atomic E-state index is 4.53. The summed E-state index contributed by atoms with van der Waals surface area (Å²) in [5, 5.41) is 0. The van der Waals surface area contributed by atoms with Gasteiger partial charge in [0, 0.05) is 11.8 Å². The van der Waals surface area contributed by atoms with E-state index >= 15 is 0 Å². The van der Waals surface area contributed by atoms with Crippen molar-refractivity contribution in [1.29, 1.82) is 0 Å². The van der Waals surface area contributed by atoms with Gasteiger partial charge in [-0.05, 0) is 30.0 Å². The van der Waals surface area contributed by atoms with Crippen molar-refractivity contribution in [3.8, 4) is 11.3 Å². The van der Waals surface area contributed by atoms with E-state index in [9.17, 15) is 0 Å². The average molecular weight is 207 g/mol. The minimum Gasteiger partial charge on any atom is -0.256 e. The molecule has 1 aromatic carbocycles. The second-order valence-corrected chi connectivity index (χ2v) is 4.04. The maximum absolute atomic E-state index is 4.53. The Bertz CT molecular complexity index is 526. The van der Waals surface area contributed by atoms with Gasteiger partial charge in [-0.2, -0.15) is 0 Å². The Morgan fingerprint density at radius 3 is 2.56 bits per heavy atom. The minimum atomic E-state index is 1.01. The van der Waals surface area contributed by atoms with Gasteiger partial charge in [-0.1, -0.05) is 42.5 Å². The van der Waals surface area contributed by atoms with Gasteiger partial charge in [0.25, 0.3) is 0 Å². The van der Waals surface area contributed by atoms with E-state index in [1.807, 2.05) is 12.3 Å². The molecule has 0 aliphatic heterocycles. The quantitative estimate of drug-likeness (QED) is 0.653. The van der Waals surface area contributed by atoms with E-state index < -0.39 is 0 Å². The lowest BCUT2D eigenvalue weighted by molar-refractivity contribution is 1.06. The van der Waals surface area contributed by atoms with Crippen LogP contribution in [0.5, 0.6) is 0 Å². The Kier molecular flexibility index (Phi) is 2.30. The van der Waals surface area contributed by atoms with Crippen LogP contribution in [0.15, 0.2) is 54.7 Å². The molecular weight excluding hydrogens is 194 g/mol. The summed E-state index contributed by atoms with van der Waals surface area (Å²) in [5.41, 5.74) is 5.16. The molecule has 0 saturated heterocycles. The highest BCUT2D eigenvalue weighted by molar-refractivity contribution is 5.65. The van der Waals surface area contributed by atoms with E-state index in [0.29, 0.717) is 0 Å². The molecule has 0 saturated carbocycles. The number of fused-ring (bicyclic) bond motifs is 1. The van der Waals surface area contributed by atoms with Gasteiger partial charge >= 0.3 is 0 Å². The van der Waals surface area contributed by atoms with Crippen LogP contribution in [-0.2, 0) is 12.8 Å². The highest BCUT2D eigenvalue weighted by atomic mass is 14.7. The highest BCUT2D eigenvalue weighted by Crippen LogP contribution is 2.26. The fourth-order valence-electron chi connectivity index (χ4n) is 2.21. The highest BCUT2D eigenvalue weighted by Gasteiger charge is 2.11. The molecule has 1 nitrogen and oxygen atoms in total. The van der Waals surface area contributed by atoms with E-state index in [1.165, 1.54) is 16.7 Å². The summed E-state index contributed by atoms with van der Waals surface area (Å²) in [6.45, 7) is 0. The number of rotatable bonds is 1. The molecule has 0 bridgehead atoms. The summed E-state index contributed by atoms with van der Waals surface area (Å²) in [4.78, 5) is 4.53. The van der Waals surface area contributed by atoms with Gasteiger partial charge in [-0.15, -0.1) is 0 Å². The summed E-state index contributed by atoms with van der Waals surface area (Å²) in [7, 11) is 0. The second-order valence-electron chi connectivity index (χ2n) is 4.04. The van der Waals surface area contributed by atoms with Gasteiger partial charge in [0.2, 0.25) is 0 Å². The van der Waals surface area contributed by atoms with Crippen LogP contribution in [0.4, 0.5) is 0 Å². The SMILES string of the molecule is C1=CCc2c(ccnc2-c2ccccc2)C1. The monoisotopic (exact) mass is 207 g/mol. The van der Waals surface area contributed by atoms with Crippen LogP contribution in [0.1, 0.15) is 11.1 Å². The molecule has 1 heteroatoms. The second kappa shape index (κ2) is 3.93. The standard InChI is InChI=1S/C15H13N/c1-2-7-13(8-3-1)15-14-9-5-4-6-12(14)10-11-16-15/h1-5,7-8,10-11H,6,9H2. The Labute approximate surface area is 95.5 Å². The van der Waals surface area contributed by atoms with Crippen LogP contribution in [0, 0.1) is 0 Å². The van der Waals surface area contributed by atoms with E-state index in [1.54, 1.807) is 0 Å². The molecule has 1 aromatic heterocycles. The first kappa shape index (κ1) is 9.34. The predicted molar refractivity (Wildman–Crippen MR) is 66.2 cm³/mol. The number of pyridine rings is 1. The molecule has 0 spiro atoms. The first-order valence-electron chi connectivity index (χ1n) is 5.62.